The van der Waals surface area contributed by atoms with Crippen molar-refractivity contribution < 1.29 is 9.53 Å². The summed E-state index contributed by atoms with van der Waals surface area (Å²) in [4.78, 5) is 19.5. The topological polar surface area (TPSA) is 51.2 Å². The van der Waals surface area contributed by atoms with E-state index >= 15 is 0 Å². The van der Waals surface area contributed by atoms with Gasteiger partial charge < -0.3 is 10.1 Å². The highest BCUT2D eigenvalue weighted by Crippen LogP contribution is 2.60. The van der Waals surface area contributed by atoms with Crippen LogP contribution in [0.5, 0.6) is 5.75 Å². The van der Waals surface area contributed by atoms with Crippen LogP contribution in [0, 0.1) is 23.2 Å². The molecule has 4 saturated carbocycles. The largest absolute Gasteiger partial charge is 0.497 e. The van der Waals surface area contributed by atoms with Gasteiger partial charge in [-0.2, -0.15) is 0 Å². The number of amides is 1. The van der Waals surface area contributed by atoms with Crippen LogP contribution in [0.2, 0.25) is 0 Å². The molecule has 0 saturated heterocycles. The number of aryl methyl sites for hydroxylation is 1. The Labute approximate surface area is 177 Å². The Kier molecular flexibility index (Phi) is 4.89. The number of hydrogen-bond donors (Lipinski definition) is 1. The monoisotopic (exact) mass is 410 g/mol. The smallest absolute Gasteiger partial charge is 0.232 e. The van der Waals surface area contributed by atoms with Crippen LogP contribution in [0.1, 0.15) is 56.7 Å². The van der Waals surface area contributed by atoms with E-state index in [2.05, 4.69) is 24.4 Å². The minimum atomic E-state index is -0.133. The standard InChI is InChI=1S/C24H30N2O2S/c1-3-4-20-21(18-5-7-19(28-2)8-6-18)25-23(29-20)26-22(27)24-12-15-9-16(13-24)11-17(10-15)14-24/h5-8,15-17H,3-4,9-14H2,1-2H3,(H,25,26,27). The fourth-order valence-electron chi connectivity index (χ4n) is 6.39. The molecular weight excluding hydrogens is 380 g/mol. The van der Waals surface area contributed by atoms with Crippen molar-refractivity contribution in [3.05, 3.63) is 29.1 Å². The van der Waals surface area contributed by atoms with Gasteiger partial charge in [0.15, 0.2) is 5.13 Å². The summed E-state index contributed by atoms with van der Waals surface area (Å²) < 4.78 is 5.28. The molecule has 4 aliphatic rings. The van der Waals surface area contributed by atoms with Gasteiger partial charge in [-0.1, -0.05) is 13.3 Å². The van der Waals surface area contributed by atoms with Crippen molar-refractivity contribution in [1.29, 1.82) is 0 Å². The summed E-state index contributed by atoms with van der Waals surface area (Å²) in [5, 5.41) is 4.02. The molecule has 4 nitrogen and oxygen atoms in total. The van der Waals surface area contributed by atoms with Crippen molar-refractivity contribution in [2.24, 2.45) is 23.2 Å². The lowest BCUT2D eigenvalue weighted by Gasteiger charge is -2.55. The zero-order chi connectivity index (χ0) is 20.0. The molecule has 1 N–H and O–H groups in total. The van der Waals surface area contributed by atoms with Gasteiger partial charge in [0.2, 0.25) is 5.91 Å². The number of hydrogen-bond acceptors (Lipinski definition) is 4. The molecular formula is C24H30N2O2S. The third-order valence-corrected chi connectivity index (χ3v) is 8.31. The van der Waals surface area contributed by atoms with Crippen molar-refractivity contribution in [2.45, 2.75) is 58.3 Å². The molecule has 0 atom stereocenters. The Hall–Kier alpha value is -1.88. The number of thiazole rings is 1. The summed E-state index contributed by atoms with van der Waals surface area (Å²) in [6, 6.07) is 8.05. The van der Waals surface area contributed by atoms with Crippen molar-refractivity contribution >= 4 is 22.4 Å². The van der Waals surface area contributed by atoms with E-state index in [-0.39, 0.29) is 11.3 Å². The van der Waals surface area contributed by atoms with Gasteiger partial charge >= 0.3 is 0 Å². The first-order chi connectivity index (χ1) is 14.1. The Morgan fingerprint density at radius 3 is 2.31 bits per heavy atom. The van der Waals surface area contributed by atoms with E-state index in [9.17, 15) is 4.79 Å². The van der Waals surface area contributed by atoms with Crippen LogP contribution in [0.25, 0.3) is 11.3 Å². The highest BCUT2D eigenvalue weighted by atomic mass is 32.1. The molecule has 4 bridgehead atoms. The van der Waals surface area contributed by atoms with Crippen molar-refractivity contribution in [2.75, 3.05) is 12.4 Å². The number of nitrogens with one attached hydrogen (secondary N) is 1. The quantitative estimate of drug-likeness (QED) is 0.642. The molecule has 1 heterocycles. The minimum Gasteiger partial charge on any atom is -0.497 e. The van der Waals surface area contributed by atoms with E-state index in [1.54, 1.807) is 18.4 Å². The number of anilines is 1. The summed E-state index contributed by atoms with van der Waals surface area (Å²) in [7, 11) is 1.68. The second-order valence-electron chi connectivity index (χ2n) is 9.42. The molecule has 1 amide bonds. The predicted octanol–water partition coefficient (Wildman–Crippen LogP) is 5.93. The van der Waals surface area contributed by atoms with E-state index in [1.807, 2.05) is 12.1 Å². The van der Waals surface area contributed by atoms with Crippen LogP contribution in [0.4, 0.5) is 5.13 Å². The second-order valence-corrected chi connectivity index (χ2v) is 10.5. The fourth-order valence-corrected chi connectivity index (χ4v) is 7.47. The lowest BCUT2D eigenvalue weighted by atomic mass is 9.49. The molecule has 2 aromatic rings. The van der Waals surface area contributed by atoms with E-state index in [4.69, 9.17) is 9.72 Å². The maximum Gasteiger partial charge on any atom is 0.232 e. The van der Waals surface area contributed by atoms with Gasteiger partial charge in [0.1, 0.15) is 5.75 Å². The molecule has 0 spiro atoms. The van der Waals surface area contributed by atoms with Crippen LogP contribution in [-0.4, -0.2) is 18.0 Å². The van der Waals surface area contributed by atoms with Gasteiger partial charge in [-0.25, -0.2) is 4.98 Å². The highest BCUT2D eigenvalue weighted by molar-refractivity contribution is 7.16. The fraction of sp³-hybridized carbons (Fsp3) is 0.583. The molecule has 4 aliphatic carbocycles. The Balaban J connectivity index is 1.39. The van der Waals surface area contributed by atoms with E-state index < -0.39 is 0 Å². The zero-order valence-corrected chi connectivity index (χ0v) is 18.2. The van der Waals surface area contributed by atoms with Crippen LogP contribution in [0.15, 0.2) is 24.3 Å². The Morgan fingerprint density at radius 1 is 1.14 bits per heavy atom. The third kappa shape index (κ3) is 3.48. The first-order valence-corrected chi connectivity index (χ1v) is 11.9. The number of ether oxygens (including phenoxy) is 1. The van der Waals surface area contributed by atoms with Crippen LogP contribution in [0.3, 0.4) is 0 Å². The van der Waals surface area contributed by atoms with Gasteiger partial charge in [-0.05, 0) is 87.0 Å². The number of aromatic nitrogens is 1. The molecule has 0 radical (unpaired) electrons. The molecule has 5 heteroatoms. The number of rotatable bonds is 6. The average Bonchev–Trinajstić information content (AvgIpc) is 3.09. The van der Waals surface area contributed by atoms with Crippen molar-refractivity contribution in [1.82, 2.24) is 4.98 Å². The number of methoxy groups -OCH3 is 1. The number of carbonyl (C=O) groups excluding carboxylic acids is 1. The second kappa shape index (κ2) is 7.42. The molecule has 29 heavy (non-hydrogen) atoms. The van der Waals surface area contributed by atoms with Crippen LogP contribution >= 0.6 is 11.3 Å². The normalized spacial score (nSPS) is 29.8. The third-order valence-electron chi connectivity index (χ3n) is 7.28. The minimum absolute atomic E-state index is 0.133. The van der Waals surface area contributed by atoms with Crippen LogP contribution in [-0.2, 0) is 11.2 Å². The van der Waals surface area contributed by atoms with Gasteiger partial charge in [0.05, 0.1) is 18.2 Å². The Morgan fingerprint density at radius 2 is 1.76 bits per heavy atom. The number of benzene rings is 1. The van der Waals surface area contributed by atoms with Gasteiger partial charge in [-0.15, -0.1) is 11.3 Å². The first kappa shape index (κ1) is 19.1. The summed E-state index contributed by atoms with van der Waals surface area (Å²) in [6.45, 7) is 2.19. The summed E-state index contributed by atoms with van der Waals surface area (Å²) in [5.41, 5.74) is 1.95. The molecule has 0 unspecified atom stereocenters. The summed E-state index contributed by atoms with van der Waals surface area (Å²) in [5.74, 6) is 3.39. The van der Waals surface area contributed by atoms with Crippen molar-refractivity contribution in [3.63, 3.8) is 0 Å². The zero-order valence-electron chi connectivity index (χ0n) is 17.4. The maximum absolute atomic E-state index is 13.4. The summed E-state index contributed by atoms with van der Waals surface area (Å²) in [6.07, 6.45) is 9.36. The van der Waals surface area contributed by atoms with Gasteiger partial charge in [0.25, 0.3) is 0 Å². The van der Waals surface area contributed by atoms with E-state index in [1.165, 1.54) is 24.1 Å². The predicted molar refractivity (Wildman–Crippen MR) is 117 cm³/mol. The van der Waals surface area contributed by atoms with Gasteiger partial charge in [0, 0.05) is 10.4 Å². The van der Waals surface area contributed by atoms with Crippen LogP contribution < -0.4 is 10.1 Å². The number of nitrogens with zero attached hydrogens (tertiary/aromatic N) is 1. The molecule has 154 valence electrons. The first-order valence-electron chi connectivity index (χ1n) is 11.0. The number of carbonyl (C=O) groups is 1. The summed E-state index contributed by atoms with van der Waals surface area (Å²) >= 11 is 1.65. The molecule has 1 aromatic heterocycles. The SMILES string of the molecule is CCCc1sc(NC(=O)C23CC4CC(CC(C4)C2)C3)nc1-c1ccc(OC)cc1. The Bertz CT molecular complexity index is 867. The molecule has 4 fully saturated rings. The maximum atomic E-state index is 13.4. The highest BCUT2D eigenvalue weighted by Gasteiger charge is 2.54. The van der Waals surface area contributed by atoms with Gasteiger partial charge in [-0.3, -0.25) is 4.79 Å². The van der Waals surface area contributed by atoms with Crippen molar-refractivity contribution in [3.8, 4) is 17.0 Å². The molecule has 1 aromatic carbocycles. The van der Waals surface area contributed by atoms with E-state index in [0.717, 1.165) is 72.0 Å². The lowest BCUT2D eigenvalue weighted by Crippen LogP contribution is -2.51. The molecule has 0 aliphatic heterocycles. The van der Waals surface area contributed by atoms with E-state index in [0.29, 0.717) is 0 Å². The average molecular weight is 411 g/mol. The lowest BCUT2D eigenvalue weighted by molar-refractivity contribution is -0.140. The molecule has 6 rings (SSSR count).